The summed E-state index contributed by atoms with van der Waals surface area (Å²) in [6, 6.07) is 4.02. The fourth-order valence-corrected chi connectivity index (χ4v) is 2.21. The van der Waals surface area contributed by atoms with Gasteiger partial charge in [-0.1, -0.05) is 0 Å². The van der Waals surface area contributed by atoms with Crippen LogP contribution in [0.4, 0.5) is 0 Å². The van der Waals surface area contributed by atoms with Crippen LogP contribution in [-0.2, 0) is 11.3 Å². The van der Waals surface area contributed by atoms with Gasteiger partial charge in [0, 0.05) is 19.2 Å². The Kier molecular flexibility index (Phi) is 4.87. The number of rotatable bonds is 5. The maximum absolute atomic E-state index is 9.84. The summed E-state index contributed by atoms with van der Waals surface area (Å²) in [5, 5.41) is 13.3. The Balaban J connectivity index is 2.02. The lowest BCUT2D eigenvalue weighted by Gasteiger charge is -2.23. The molecule has 1 aliphatic rings. The van der Waals surface area contributed by atoms with E-state index < -0.39 is 0 Å². The number of hydrogen-bond donors (Lipinski definition) is 2. The van der Waals surface area contributed by atoms with Crippen molar-refractivity contribution in [1.82, 2.24) is 5.32 Å². The van der Waals surface area contributed by atoms with Crippen molar-refractivity contribution in [3.8, 4) is 17.2 Å². The minimum Gasteiger partial charge on any atom is -0.502 e. The molecule has 1 saturated heterocycles. The number of hydrogen-bond acceptors (Lipinski definition) is 5. The zero-order chi connectivity index (χ0) is 13.7. The number of phenolic OH excluding ortho intramolecular Hbond substituents is 1. The van der Waals surface area contributed by atoms with Crippen LogP contribution in [0.1, 0.15) is 18.4 Å². The normalized spacial score (nSPS) is 19.2. The summed E-state index contributed by atoms with van der Waals surface area (Å²) >= 11 is 0. The van der Waals surface area contributed by atoms with E-state index in [0.29, 0.717) is 24.1 Å². The van der Waals surface area contributed by atoms with Crippen LogP contribution in [0.2, 0.25) is 0 Å². The smallest absolute Gasteiger partial charge is 0.200 e. The van der Waals surface area contributed by atoms with Gasteiger partial charge in [-0.15, -0.1) is 0 Å². The second kappa shape index (κ2) is 6.63. The molecule has 1 fully saturated rings. The molecule has 1 aliphatic heterocycles. The van der Waals surface area contributed by atoms with Gasteiger partial charge in [-0.3, -0.25) is 0 Å². The van der Waals surface area contributed by atoms with Crippen molar-refractivity contribution in [2.45, 2.75) is 25.4 Å². The number of phenols is 1. The molecular weight excluding hydrogens is 246 g/mol. The topological polar surface area (TPSA) is 60.0 Å². The van der Waals surface area contributed by atoms with Crippen LogP contribution in [0.5, 0.6) is 17.2 Å². The van der Waals surface area contributed by atoms with Gasteiger partial charge in [-0.05, 0) is 30.5 Å². The van der Waals surface area contributed by atoms with Crippen molar-refractivity contribution in [3.63, 3.8) is 0 Å². The largest absolute Gasteiger partial charge is 0.502 e. The van der Waals surface area contributed by atoms with E-state index in [-0.39, 0.29) is 5.75 Å². The summed E-state index contributed by atoms with van der Waals surface area (Å²) in [5.74, 6) is 0.891. The number of nitrogens with one attached hydrogen (secondary N) is 1. The third kappa shape index (κ3) is 3.52. The molecule has 2 rings (SSSR count). The molecule has 0 amide bonds. The van der Waals surface area contributed by atoms with Crippen LogP contribution >= 0.6 is 0 Å². The van der Waals surface area contributed by atoms with E-state index in [1.807, 2.05) is 12.1 Å². The summed E-state index contributed by atoms with van der Waals surface area (Å²) in [6.07, 6.45) is 2.23. The standard InChI is InChI=1S/C14H21NO4/c1-17-12-6-10(7-13(18-2)14(12)16)8-15-11-4-3-5-19-9-11/h6-7,11,15-16H,3-5,8-9H2,1-2H3. The molecule has 0 aliphatic carbocycles. The van der Waals surface area contributed by atoms with E-state index >= 15 is 0 Å². The van der Waals surface area contributed by atoms with Crippen molar-refractivity contribution in [3.05, 3.63) is 17.7 Å². The van der Waals surface area contributed by atoms with Gasteiger partial charge < -0.3 is 24.6 Å². The van der Waals surface area contributed by atoms with Crippen molar-refractivity contribution in [1.29, 1.82) is 0 Å². The molecule has 19 heavy (non-hydrogen) atoms. The molecule has 5 heteroatoms. The molecule has 5 nitrogen and oxygen atoms in total. The van der Waals surface area contributed by atoms with E-state index in [4.69, 9.17) is 14.2 Å². The fraction of sp³-hybridized carbons (Fsp3) is 0.571. The van der Waals surface area contributed by atoms with Crippen LogP contribution in [-0.4, -0.2) is 38.6 Å². The van der Waals surface area contributed by atoms with E-state index in [1.54, 1.807) is 0 Å². The molecule has 1 heterocycles. The SMILES string of the molecule is COc1cc(CNC2CCCOC2)cc(OC)c1O. The average molecular weight is 267 g/mol. The first-order valence-corrected chi connectivity index (χ1v) is 6.49. The van der Waals surface area contributed by atoms with Crippen LogP contribution in [0.3, 0.4) is 0 Å². The molecule has 2 N–H and O–H groups in total. The van der Waals surface area contributed by atoms with Gasteiger partial charge in [0.05, 0.1) is 20.8 Å². The number of ether oxygens (including phenoxy) is 3. The highest BCUT2D eigenvalue weighted by molar-refractivity contribution is 5.52. The average Bonchev–Trinajstić information content (AvgIpc) is 2.47. The Morgan fingerprint density at radius 2 is 2.00 bits per heavy atom. The first-order valence-electron chi connectivity index (χ1n) is 6.49. The lowest BCUT2D eigenvalue weighted by molar-refractivity contribution is 0.0699. The highest BCUT2D eigenvalue weighted by Gasteiger charge is 2.15. The fourth-order valence-electron chi connectivity index (χ4n) is 2.21. The van der Waals surface area contributed by atoms with Crippen molar-refractivity contribution >= 4 is 0 Å². The van der Waals surface area contributed by atoms with E-state index in [0.717, 1.165) is 31.6 Å². The molecule has 0 spiro atoms. The van der Waals surface area contributed by atoms with Crippen molar-refractivity contribution in [2.24, 2.45) is 0 Å². The van der Waals surface area contributed by atoms with Gasteiger partial charge in [-0.25, -0.2) is 0 Å². The molecule has 0 aromatic heterocycles. The van der Waals surface area contributed by atoms with Crippen molar-refractivity contribution < 1.29 is 19.3 Å². The van der Waals surface area contributed by atoms with Gasteiger partial charge in [-0.2, -0.15) is 0 Å². The summed E-state index contributed by atoms with van der Waals surface area (Å²) < 4.78 is 15.7. The monoisotopic (exact) mass is 267 g/mol. The van der Waals surface area contributed by atoms with Gasteiger partial charge in [0.2, 0.25) is 5.75 Å². The van der Waals surface area contributed by atoms with E-state index in [9.17, 15) is 5.11 Å². The summed E-state index contributed by atoms with van der Waals surface area (Å²) in [7, 11) is 3.06. The van der Waals surface area contributed by atoms with Crippen LogP contribution in [0, 0.1) is 0 Å². The number of benzene rings is 1. The Morgan fingerprint density at radius 1 is 1.32 bits per heavy atom. The molecule has 106 valence electrons. The minimum absolute atomic E-state index is 0.0368. The molecule has 0 saturated carbocycles. The number of aromatic hydroxyl groups is 1. The molecular formula is C14H21NO4. The third-order valence-corrected chi connectivity index (χ3v) is 3.29. The van der Waals surface area contributed by atoms with Crippen molar-refractivity contribution in [2.75, 3.05) is 27.4 Å². The van der Waals surface area contributed by atoms with Gasteiger partial charge >= 0.3 is 0 Å². The molecule has 1 unspecified atom stereocenters. The maximum Gasteiger partial charge on any atom is 0.200 e. The first kappa shape index (κ1) is 14.0. The second-order valence-electron chi connectivity index (χ2n) is 4.64. The molecule has 1 atom stereocenters. The lowest BCUT2D eigenvalue weighted by atomic mass is 10.1. The number of methoxy groups -OCH3 is 2. The minimum atomic E-state index is 0.0368. The molecule has 1 aromatic rings. The van der Waals surface area contributed by atoms with Crippen LogP contribution < -0.4 is 14.8 Å². The first-order chi connectivity index (χ1) is 9.24. The Labute approximate surface area is 113 Å². The zero-order valence-corrected chi connectivity index (χ0v) is 11.4. The Hall–Kier alpha value is -1.46. The highest BCUT2D eigenvalue weighted by atomic mass is 16.5. The Morgan fingerprint density at radius 3 is 2.53 bits per heavy atom. The van der Waals surface area contributed by atoms with Gasteiger partial charge in [0.25, 0.3) is 0 Å². The Bertz CT molecular complexity index is 391. The predicted molar refractivity (Wildman–Crippen MR) is 71.9 cm³/mol. The van der Waals surface area contributed by atoms with E-state index in [1.165, 1.54) is 14.2 Å². The van der Waals surface area contributed by atoms with E-state index in [2.05, 4.69) is 5.32 Å². The lowest BCUT2D eigenvalue weighted by Crippen LogP contribution is -2.36. The summed E-state index contributed by atoms with van der Waals surface area (Å²) in [6.45, 7) is 2.31. The zero-order valence-electron chi connectivity index (χ0n) is 11.4. The maximum atomic E-state index is 9.84. The second-order valence-corrected chi connectivity index (χ2v) is 4.64. The molecule has 0 radical (unpaired) electrons. The quantitative estimate of drug-likeness (QED) is 0.850. The summed E-state index contributed by atoms with van der Waals surface area (Å²) in [4.78, 5) is 0. The molecule has 0 bridgehead atoms. The van der Waals surface area contributed by atoms with Gasteiger partial charge in [0.15, 0.2) is 11.5 Å². The third-order valence-electron chi connectivity index (χ3n) is 3.29. The summed E-state index contributed by atoms with van der Waals surface area (Å²) in [5.41, 5.74) is 1.01. The highest BCUT2D eigenvalue weighted by Crippen LogP contribution is 2.37. The predicted octanol–water partition coefficient (Wildman–Crippen LogP) is 1.68. The molecule has 1 aromatic carbocycles. The van der Waals surface area contributed by atoms with Gasteiger partial charge in [0.1, 0.15) is 0 Å². The van der Waals surface area contributed by atoms with Crippen LogP contribution in [0.25, 0.3) is 0 Å². The van der Waals surface area contributed by atoms with Crippen LogP contribution in [0.15, 0.2) is 12.1 Å².